The summed E-state index contributed by atoms with van der Waals surface area (Å²) in [6.45, 7) is 1.69. The number of hydrogen-bond acceptors (Lipinski definition) is 8. The summed E-state index contributed by atoms with van der Waals surface area (Å²) in [6, 6.07) is 5.49. The Morgan fingerprint density at radius 2 is 1.76 bits per heavy atom. The highest BCUT2D eigenvalue weighted by molar-refractivity contribution is 5.81. The van der Waals surface area contributed by atoms with Gasteiger partial charge in [0.2, 0.25) is 5.88 Å². The molecule has 0 amide bonds. The molecule has 14 heteroatoms. The molecular formula is C31H27F4N7O3. The van der Waals surface area contributed by atoms with Crippen molar-refractivity contribution in [1.29, 1.82) is 0 Å². The van der Waals surface area contributed by atoms with Crippen molar-refractivity contribution >= 4 is 11.0 Å². The summed E-state index contributed by atoms with van der Waals surface area (Å²) >= 11 is 0. The molecule has 45 heavy (non-hydrogen) atoms. The zero-order valence-corrected chi connectivity index (χ0v) is 24.5. The lowest BCUT2D eigenvalue weighted by Gasteiger charge is -2.16. The second-order valence-corrected chi connectivity index (χ2v) is 11.3. The maximum atomic E-state index is 15.9. The number of aryl methyl sites for hydroxylation is 1. The molecule has 1 aromatic carbocycles. The van der Waals surface area contributed by atoms with Crippen molar-refractivity contribution in [3.63, 3.8) is 0 Å². The van der Waals surface area contributed by atoms with Gasteiger partial charge in [0.25, 0.3) is 5.56 Å². The molecule has 5 aromatic rings. The molecule has 0 aliphatic heterocycles. The zero-order chi connectivity index (χ0) is 31.6. The van der Waals surface area contributed by atoms with Crippen LogP contribution < -0.4 is 15.0 Å². The van der Waals surface area contributed by atoms with Crippen LogP contribution in [0.5, 0.6) is 11.6 Å². The van der Waals surface area contributed by atoms with Gasteiger partial charge in [-0.15, -0.1) is 0 Å². The first-order valence-corrected chi connectivity index (χ1v) is 14.4. The zero-order valence-electron chi connectivity index (χ0n) is 24.5. The van der Waals surface area contributed by atoms with Crippen molar-refractivity contribution in [1.82, 2.24) is 34.1 Å². The number of nitrogens with zero attached hydrogens (tertiary/aromatic N) is 7. The summed E-state index contributed by atoms with van der Waals surface area (Å²) in [5.74, 6) is -0.157. The average molecular weight is 622 g/mol. The van der Waals surface area contributed by atoms with E-state index in [-0.39, 0.29) is 35.6 Å². The molecular weight excluding hydrogens is 594 g/mol. The van der Waals surface area contributed by atoms with Crippen molar-refractivity contribution in [3.05, 3.63) is 75.6 Å². The Balaban J connectivity index is 1.34. The second kappa shape index (κ2) is 10.6. The minimum absolute atomic E-state index is 0.00810. The van der Waals surface area contributed by atoms with E-state index in [1.165, 1.54) is 47.9 Å². The third kappa shape index (κ3) is 5.17. The maximum Gasteiger partial charge on any atom is 0.434 e. The molecule has 2 saturated carbocycles. The normalized spacial score (nSPS) is 15.1. The van der Waals surface area contributed by atoms with Crippen LogP contribution in [0.2, 0.25) is 0 Å². The quantitative estimate of drug-likeness (QED) is 0.198. The standard InChI is InChI=1S/C31H27F4N7O3/c1-15-19-8-9-23(43)42(28(19)40-27(38-15)25-26(17-4-5-17)36-14-37-30(25)45-3)12-16-10-20(32)24(21(11-16)44-2)29-39-22(31(33,34)35)13-41(29)18-6-7-18/h8-11,13-14,17-18H,4-7,12H2,1-3H3. The van der Waals surface area contributed by atoms with Crippen LogP contribution in [0.3, 0.4) is 0 Å². The van der Waals surface area contributed by atoms with Gasteiger partial charge in [0.15, 0.2) is 11.5 Å². The van der Waals surface area contributed by atoms with Gasteiger partial charge in [-0.1, -0.05) is 0 Å². The first-order valence-electron chi connectivity index (χ1n) is 14.4. The van der Waals surface area contributed by atoms with Crippen LogP contribution in [0.1, 0.15) is 60.3 Å². The van der Waals surface area contributed by atoms with E-state index < -0.39 is 23.2 Å². The summed E-state index contributed by atoms with van der Waals surface area (Å²) < 4.78 is 70.3. The van der Waals surface area contributed by atoms with E-state index in [0.717, 1.165) is 24.7 Å². The number of ether oxygens (including phenoxy) is 2. The van der Waals surface area contributed by atoms with Crippen LogP contribution in [0.25, 0.3) is 33.8 Å². The van der Waals surface area contributed by atoms with E-state index in [1.54, 1.807) is 13.0 Å². The van der Waals surface area contributed by atoms with Gasteiger partial charge in [0.05, 0.1) is 37.7 Å². The number of alkyl halides is 3. The predicted molar refractivity (Wildman–Crippen MR) is 155 cm³/mol. The van der Waals surface area contributed by atoms with E-state index in [1.807, 2.05) is 0 Å². The molecule has 4 heterocycles. The highest BCUT2D eigenvalue weighted by Crippen LogP contribution is 2.46. The van der Waals surface area contributed by atoms with Gasteiger partial charge in [-0.25, -0.2) is 29.3 Å². The molecule has 0 N–H and O–H groups in total. The second-order valence-electron chi connectivity index (χ2n) is 11.3. The van der Waals surface area contributed by atoms with Gasteiger partial charge in [0.1, 0.15) is 34.9 Å². The van der Waals surface area contributed by atoms with Crippen LogP contribution in [0.15, 0.2) is 41.6 Å². The average Bonchev–Trinajstić information content (AvgIpc) is 3.95. The highest BCUT2D eigenvalue weighted by atomic mass is 19.4. The summed E-state index contributed by atoms with van der Waals surface area (Å²) in [4.78, 5) is 35.2. The molecule has 0 radical (unpaired) electrons. The predicted octanol–water partition coefficient (Wildman–Crippen LogP) is 5.86. The number of imidazole rings is 1. The van der Waals surface area contributed by atoms with Gasteiger partial charge in [0, 0.05) is 29.6 Å². The van der Waals surface area contributed by atoms with E-state index >= 15 is 4.39 Å². The van der Waals surface area contributed by atoms with E-state index in [0.29, 0.717) is 52.4 Å². The molecule has 2 fully saturated rings. The number of benzene rings is 1. The Hall–Kier alpha value is -4.88. The Labute approximate surface area is 253 Å². The topological polar surface area (TPSA) is 110 Å². The summed E-state index contributed by atoms with van der Waals surface area (Å²) in [5.41, 5.74) is 0.880. The van der Waals surface area contributed by atoms with Crippen LogP contribution >= 0.6 is 0 Å². The number of hydrogen-bond donors (Lipinski definition) is 0. The minimum Gasteiger partial charge on any atom is -0.496 e. The number of pyridine rings is 1. The van der Waals surface area contributed by atoms with Crippen molar-refractivity contribution in [3.8, 4) is 34.4 Å². The molecule has 4 aromatic heterocycles. The Bertz CT molecular complexity index is 2030. The Morgan fingerprint density at radius 1 is 0.978 bits per heavy atom. The smallest absolute Gasteiger partial charge is 0.434 e. The summed E-state index contributed by atoms with van der Waals surface area (Å²) in [6.07, 6.45) is 0.918. The molecule has 0 atom stereocenters. The molecule has 0 saturated heterocycles. The fourth-order valence-electron chi connectivity index (χ4n) is 5.63. The number of rotatable bonds is 8. The minimum atomic E-state index is -4.69. The molecule has 7 rings (SSSR count). The number of fused-ring (bicyclic) bond motifs is 1. The van der Waals surface area contributed by atoms with Crippen LogP contribution in [0.4, 0.5) is 17.6 Å². The first kappa shape index (κ1) is 28.9. The lowest BCUT2D eigenvalue weighted by atomic mass is 10.1. The van der Waals surface area contributed by atoms with Crippen LogP contribution in [0, 0.1) is 12.7 Å². The fraction of sp³-hybridized carbons (Fsp3) is 0.355. The van der Waals surface area contributed by atoms with E-state index in [2.05, 4.69) is 15.0 Å². The number of aromatic nitrogens is 7. The SMILES string of the molecule is COc1cc(Cn2c(=O)ccc3c(C)nc(-c4c(OC)ncnc4C4CC4)nc32)cc(F)c1-c1nc(C(F)(F)F)cn1C1CC1. The Kier molecular flexibility index (Phi) is 6.82. The van der Waals surface area contributed by atoms with Crippen LogP contribution in [-0.2, 0) is 12.7 Å². The third-order valence-electron chi connectivity index (χ3n) is 8.11. The lowest BCUT2D eigenvalue weighted by molar-refractivity contribution is -0.140. The summed E-state index contributed by atoms with van der Waals surface area (Å²) in [7, 11) is 2.80. The van der Waals surface area contributed by atoms with Crippen LogP contribution in [-0.4, -0.2) is 48.3 Å². The number of methoxy groups -OCH3 is 2. The lowest BCUT2D eigenvalue weighted by Crippen LogP contribution is -2.22. The van der Waals surface area contributed by atoms with Gasteiger partial charge in [-0.05, 0) is 56.4 Å². The van der Waals surface area contributed by atoms with E-state index in [4.69, 9.17) is 19.4 Å². The molecule has 0 unspecified atom stereocenters. The highest BCUT2D eigenvalue weighted by Gasteiger charge is 2.38. The first-order chi connectivity index (χ1) is 21.6. The van der Waals surface area contributed by atoms with Crippen molar-refractivity contribution in [2.45, 2.75) is 57.3 Å². The van der Waals surface area contributed by atoms with Gasteiger partial charge in [-0.2, -0.15) is 13.2 Å². The number of halogens is 4. The van der Waals surface area contributed by atoms with Crippen molar-refractivity contribution in [2.24, 2.45) is 0 Å². The van der Waals surface area contributed by atoms with Gasteiger partial charge >= 0.3 is 6.18 Å². The molecule has 2 aliphatic carbocycles. The molecule has 10 nitrogen and oxygen atoms in total. The van der Waals surface area contributed by atoms with Crippen molar-refractivity contribution < 1.29 is 27.0 Å². The molecule has 232 valence electrons. The molecule has 2 aliphatic rings. The van der Waals surface area contributed by atoms with Gasteiger partial charge < -0.3 is 14.0 Å². The third-order valence-corrected chi connectivity index (χ3v) is 8.11. The molecule has 0 spiro atoms. The largest absolute Gasteiger partial charge is 0.496 e. The molecule has 0 bridgehead atoms. The summed E-state index contributed by atoms with van der Waals surface area (Å²) in [5, 5.41) is 0.609. The Morgan fingerprint density at radius 3 is 2.42 bits per heavy atom. The van der Waals surface area contributed by atoms with Crippen molar-refractivity contribution in [2.75, 3.05) is 14.2 Å². The van der Waals surface area contributed by atoms with Gasteiger partial charge in [-0.3, -0.25) is 9.36 Å². The fourth-order valence-corrected chi connectivity index (χ4v) is 5.63. The monoisotopic (exact) mass is 621 g/mol. The maximum absolute atomic E-state index is 15.9. The van der Waals surface area contributed by atoms with E-state index in [9.17, 15) is 18.0 Å².